The average Bonchev–Trinajstić information content (AvgIpc) is 2.98. The van der Waals surface area contributed by atoms with Gasteiger partial charge in [0.05, 0.1) is 24.4 Å². The van der Waals surface area contributed by atoms with Gasteiger partial charge in [-0.25, -0.2) is 0 Å². The summed E-state index contributed by atoms with van der Waals surface area (Å²) in [5.74, 6) is 1.45. The molecule has 35 heavy (non-hydrogen) atoms. The van der Waals surface area contributed by atoms with E-state index in [1.165, 1.54) is 25.7 Å². The van der Waals surface area contributed by atoms with Gasteiger partial charge >= 0.3 is 0 Å². The van der Waals surface area contributed by atoms with E-state index in [1.54, 1.807) is 19.4 Å². The van der Waals surface area contributed by atoms with Crippen LogP contribution in [0.3, 0.4) is 0 Å². The van der Waals surface area contributed by atoms with Crippen molar-refractivity contribution in [3.05, 3.63) is 11.6 Å². The molecule has 0 aromatic heterocycles. The maximum Gasteiger partial charge on any atom is 0.111 e. The topological polar surface area (TPSA) is 69.9 Å². The van der Waals surface area contributed by atoms with Gasteiger partial charge in [-0.1, -0.05) is 53.2 Å². The van der Waals surface area contributed by atoms with Gasteiger partial charge in [0.2, 0.25) is 0 Å². The van der Waals surface area contributed by atoms with Crippen molar-refractivity contribution in [1.29, 1.82) is 0 Å². The Morgan fingerprint density at radius 3 is 2.26 bits per heavy atom. The standard InChI is InChI=1S/C31H52O4/c1-26(2)23-10-9-21-20(28(23,5)13-12-24(26)33)11-14-31(8)29(6,15-16-30(21,31)7)19-17-22(32)25(35-18-19)27(3,4)34/h9,19-20,22-25,32-34H,10-18H2,1-8H3/t19-,20+,22-,23-,24+,25-,28-,29+,30-,31+/m1/s1. The maximum atomic E-state index is 11.0. The second-order valence-corrected chi connectivity index (χ2v) is 15.4. The molecule has 4 aliphatic carbocycles. The Kier molecular flexibility index (Phi) is 5.84. The van der Waals surface area contributed by atoms with Crippen LogP contribution >= 0.6 is 0 Å². The molecule has 5 rings (SSSR count). The molecule has 1 aliphatic heterocycles. The molecule has 1 saturated heterocycles. The third-order valence-corrected chi connectivity index (χ3v) is 13.4. The zero-order valence-corrected chi connectivity index (χ0v) is 23.7. The lowest BCUT2D eigenvalue weighted by atomic mass is 9.39. The summed E-state index contributed by atoms with van der Waals surface area (Å²) in [7, 11) is 0. The fraction of sp³-hybridized carbons (Fsp3) is 0.935. The van der Waals surface area contributed by atoms with Crippen LogP contribution < -0.4 is 0 Å². The van der Waals surface area contributed by atoms with E-state index in [1.807, 2.05) is 0 Å². The second-order valence-electron chi connectivity index (χ2n) is 15.4. The lowest BCUT2D eigenvalue weighted by Gasteiger charge is -2.65. The molecular weight excluding hydrogens is 436 g/mol. The first-order valence-electron chi connectivity index (χ1n) is 14.4. The second kappa shape index (κ2) is 7.80. The fourth-order valence-corrected chi connectivity index (χ4v) is 10.6. The van der Waals surface area contributed by atoms with E-state index < -0.39 is 17.8 Å². The Balaban J connectivity index is 1.46. The number of aliphatic hydroxyl groups excluding tert-OH is 2. The molecule has 0 radical (unpaired) electrons. The minimum Gasteiger partial charge on any atom is -0.393 e. The van der Waals surface area contributed by atoms with Crippen LogP contribution in [0.15, 0.2) is 11.6 Å². The Labute approximate surface area is 213 Å². The predicted molar refractivity (Wildman–Crippen MR) is 140 cm³/mol. The molecule has 10 atom stereocenters. The molecular formula is C31H52O4. The lowest BCUT2D eigenvalue weighted by Crippen LogP contribution is -2.60. The molecule has 3 N–H and O–H groups in total. The summed E-state index contributed by atoms with van der Waals surface area (Å²) < 4.78 is 6.19. The van der Waals surface area contributed by atoms with Crippen LogP contribution in [0.25, 0.3) is 0 Å². The van der Waals surface area contributed by atoms with Crippen molar-refractivity contribution in [2.45, 2.75) is 131 Å². The zero-order chi connectivity index (χ0) is 25.8. The minimum atomic E-state index is -1.03. The molecule has 1 heterocycles. The first kappa shape index (κ1) is 26.2. The van der Waals surface area contributed by atoms with Crippen LogP contribution in [-0.4, -0.2) is 45.8 Å². The summed E-state index contributed by atoms with van der Waals surface area (Å²) in [6, 6.07) is 0. The Hall–Kier alpha value is -0.420. The van der Waals surface area contributed by atoms with E-state index in [2.05, 4.69) is 47.6 Å². The highest BCUT2D eigenvalue weighted by Crippen LogP contribution is 2.77. The fourth-order valence-electron chi connectivity index (χ4n) is 10.6. The molecule has 0 bridgehead atoms. The van der Waals surface area contributed by atoms with Gasteiger partial charge in [-0.2, -0.15) is 0 Å². The smallest absolute Gasteiger partial charge is 0.111 e. The molecule has 0 spiro atoms. The molecule has 4 nitrogen and oxygen atoms in total. The van der Waals surface area contributed by atoms with Gasteiger partial charge in [0.25, 0.3) is 0 Å². The quantitative estimate of drug-likeness (QED) is 0.425. The largest absolute Gasteiger partial charge is 0.393 e. The first-order chi connectivity index (χ1) is 16.0. The number of rotatable bonds is 2. The number of hydrogen-bond acceptors (Lipinski definition) is 4. The third-order valence-electron chi connectivity index (χ3n) is 13.4. The summed E-state index contributed by atoms with van der Waals surface area (Å²) >= 11 is 0. The van der Waals surface area contributed by atoms with Crippen molar-refractivity contribution in [2.24, 2.45) is 44.8 Å². The van der Waals surface area contributed by atoms with Gasteiger partial charge in [0, 0.05) is 0 Å². The van der Waals surface area contributed by atoms with Gasteiger partial charge in [-0.05, 0) is 110 Å². The molecule has 5 aliphatic rings. The number of fused-ring (bicyclic) bond motifs is 5. The van der Waals surface area contributed by atoms with Crippen molar-refractivity contribution < 1.29 is 20.1 Å². The van der Waals surface area contributed by atoms with Crippen LogP contribution in [0.5, 0.6) is 0 Å². The molecule has 4 heteroatoms. The normalized spacial score (nSPS) is 53.9. The Morgan fingerprint density at radius 2 is 1.63 bits per heavy atom. The van der Waals surface area contributed by atoms with Gasteiger partial charge in [0.1, 0.15) is 6.10 Å². The Morgan fingerprint density at radius 1 is 0.943 bits per heavy atom. The van der Waals surface area contributed by atoms with Crippen molar-refractivity contribution in [1.82, 2.24) is 0 Å². The highest BCUT2D eigenvalue weighted by atomic mass is 16.5. The van der Waals surface area contributed by atoms with Gasteiger partial charge in [0.15, 0.2) is 0 Å². The van der Waals surface area contributed by atoms with Crippen molar-refractivity contribution in [3.63, 3.8) is 0 Å². The van der Waals surface area contributed by atoms with Gasteiger partial charge < -0.3 is 20.1 Å². The predicted octanol–water partition coefficient (Wildman–Crippen LogP) is 5.88. The summed E-state index contributed by atoms with van der Waals surface area (Å²) in [6.45, 7) is 18.9. The summed E-state index contributed by atoms with van der Waals surface area (Å²) in [5, 5.41) is 32.4. The maximum absolute atomic E-state index is 11.0. The van der Waals surface area contributed by atoms with E-state index in [4.69, 9.17) is 4.74 Å². The highest BCUT2D eigenvalue weighted by Gasteiger charge is 2.69. The van der Waals surface area contributed by atoms with Crippen molar-refractivity contribution >= 4 is 0 Å². The van der Waals surface area contributed by atoms with Crippen LogP contribution in [0, 0.1) is 44.8 Å². The zero-order valence-electron chi connectivity index (χ0n) is 23.7. The van der Waals surface area contributed by atoms with Crippen LogP contribution in [0.4, 0.5) is 0 Å². The monoisotopic (exact) mass is 488 g/mol. The molecule has 0 aromatic carbocycles. The minimum absolute atomic E-state index is 0.0343. The van der Waals surface area contributed by atoms with E-state index >= 15 is 0 Å². The summed E-state index contributed by atoms with van der Waals surface area (Å²) in [6.07, 6.45) is 9.98. The van der Waals surface area contributed by atoms with Gasteiger partial charge in [-0.3, -0.25) is 0 Å². The molecule has 4 fully saturated rings. The molecule has 0 amide bonds. The highest BCUT2D eigenvalue weighted by molar-refractivity contribution is 5.34. The lowest BCUT2D eigenvalue weighted by molar-refractivity contribution is -0.202. The van der Waals surface area contributed by atoms with Crippen LogP contribution in [0.2, 0.25) is 0 Å². The van der Waals surface area contributed by atoms with Gasteiger partial charge in [-0.15, -0.1) is 0 Å². The molecule has 3 saturated carbocycles. The number of hydrogen-bond donors (Lipinski definition) is 3. The summed E-state index contributed by atoms with van der Waals surface area (Å²) in [4.78, 5) is 0. The van der Waals surface area contributed by atoms with Crippen LogP contribution in [-0.2, 0) is 4.74 Å². The van der Waals surface area contributed by atoms with E-state index in [0.29, 0.717) is 30.8 Å². The SMILES string of the molecule is CC(C)(O)[C@@H]1OC[C@H]([C@]2(C)CC[C@]3(C)C4=CC[C@@H]5C(C)(C)[C@@H](O)CC[C@]5(C)[C@H]4CC[C@@]23C)C[C@H]1O. The van der Waals surface area contributed by atoms with E-state index in [-0.39, 0.29) is 33.2 Å². The number of ether oxygens (including phenoxy) is 1. The average molecular weight is 489 g/mol. The summed E-state index contributed by atoms with van der Waals surface area (Å²) in [5.41, 5.74) is 1.33. The van der Waals surface area contributed by atoms with E-state index in [0.717, 1.165) is 19.3 Å². The first-order valence-corrected chi connectivity index (χ1v) is 14.4. The van der Waals surface area contributed by atoms with E-state index in [9.17, 15) is 15.3 Å². The molecule has 200 valence electrons. The van der Waals surface area contributed by atoms with Crippen molar-refractivity contribution in [2.75, 3.05) is 6.61 Å². The van der Waals surface area contributed by atoms with Crippen molar-refractivity contribution in [3.8, 4) is 0 Å². The Bertz CT molecular complexity index is 887. The van der Waals surface area contributed by atoms with Crippen LogP contribution in [0.1, 0.15) is 107 Å². The number of aliphatic hydroxyl groups is 3. The molecule has 0 aromatic rings. The molecule has 0 unspecified atom stereocenters. The number of allylic oxidation sites excluding steroid dienone is 2. The third kappa shape index (κ3) is 3.31.